The van der Waals surface area contributed by atoms with Gasteiger partial charge in [0.15, 0.2) is 0 Å². The topological polar surface area (TPSA) is 52.3 Å². The number of rotatable bonds is 5. The maximum absolute atomic E-state index is 9.18. The van der Waals surface area contributed by atoms with Gasteiger partial charge in [0.2, 0.25) is 0 Å². The Morgan fingerprint density at radius 3 is 2.11 bits per heavy atom. The van der Waals surface area contributed by atoms with Crippen LogP contribution in [0.1, 0.15) is 59.8 Å². The lowest BCUT2D eigenvalue weighted by molar-refractivity contribution is -0.128. The third kappa shape index (κ3) is 9.23. The summed E-state index contributed by atoms with van der Waals surface area (Å²) < 4.78 is 4.15. The Morgan fingerprint density at radius 1 is 1.28 bits per heavy atom. The number of allylic oxidation sites excluding steroid dienone is 2. The van der Waals surface area contributed by atoms with Crippen molar-refractivity contribution in [2.24, 2.45) is 11.1 Å². The summed E-state index contributed by atoms with van der Waals surface area (Å²) >= 11 is 0. The highest BCUT2D eigenvalue weighted by atomic mass is 16.5. The number of ether oxygens (including phenoxy) is 1. The number of carbonyl (C=O) groups is 1. The third-order valence-electron chi connectivity index (χ3n) is 3.00. The van der Waals surface area contributed by atoms with Crippen molar-refractivity contribution >= 4 is 6.47 Å². The molecule has 0 atom stereocenters. The Labute approximate surface area is 113 Å². The average Bonchev–Trinajstić information content (AvgIpc) is 2.83. The smallest absolute Gasteiger partial charge is 0.293 e. The predicted octanol–water partition coefficient (Wildman–Crippen LogP) is 3.68. The van der Waals surface area contributed by atoms with Crippen LogP contribution >= 0.6 is 0 Å². The van der Waals surface area contributed by atoms with E-state index >= 15 is 0 Å². The Bertz CT molecular complexity index is 197. The molecule has 0 radical (unpaired) electrons. The van der Waals surface area contributed by atoms with Crippen LogP contribution in [-0.4, -0.2) is 19.6 Å². The Hall–Kier alpha value is -0.830. The molecule has 1 fully saturated rings. The number of hydrogen-bond donors (Lipinski definition) is 1. The molecule has 0 bridgehead atoms. The van der Waals surface area contributed by atoms with Gasteiger partial charge in [-0.1, -0.05) is 38.8 Å². The first-order valence-electron chi connectivity index (χ1n) is 7.14. The molecule has 1 saturated carbocycles. The lowest BCUT2D eigenvalue weighted by atomic mass is 9.82. The highest BCUT2D eigenvalue weighted by Gasteiger charge is 2.29. The second kappa shape index (κ2) is 14.2. The zero-order valence-electron chi connectivity index (χ0n) is 12.6. The van der Waals surface area contributed by atoms with Crippen LogP contribution in [0.2, 0.25) is 0 Å². The van der Waals surface area contributed by atoms with E-state index in [2.05, 4.69) is 23.8 Å². The van der Waals surface area contributed by atoms with E-state index < -0.39 is 0 Å². The normalized spacial score (nSPS) is 16.3. The van der Waals surface area contributed by atoms with Crippen LogP contribution in [0.25, 0.3) is 0 Å². The highest BCUT2D eigenvalue weighted by Crippen LogP contribution is 2.41. The highest BCUT2D eigenvalue weighted by molar-refractivity contribution is 5.36. The van der Waals surface area contributed by atoms with Crippen molar-refractivity contribution in [2.45, 2.75) is 59.8 Å². The van der Waals surface area contributed by atoms with Gasteiger partial charge in [0.05, 0.1) is 6.61 Å². The minimum absolute atomic E-state index is 0.431. The molecule has 0 heterocycles. The van der Waals surface area contributed by atoms with E-state index in [0.717, 1.165) is 6.54 Å². The third-order valence-corrected chi connectivity index (χ3v) is 3.00. The second-order valence-corrected chi connectivity index (χ2v) is 4.16. The van der Waals surface area contributed by atoms with E-state index in [4.69, 9.17) is 5.73 Å². The Morgan fingerprint density at radius 2 is 1.83 bits per heavy atom. The van der Waals surface area contributed by atoms with Crippen LogP contribution in [0.15, 0.2) is 12.2 Å². The van der Waals surface area contributed by atoms with Gasteiger partial charge in [0.25, 0.3) is 6.47 Å². The fourth-order valence-corrected chi connectivity index (χ4v) is 2.29. The van der Waals surface area contributed by atoms with Gasteiger partial charge in [0, 0.05) is 0 Å². The molecule has 0 aromatic carbocycles. The Balaban J connectivity index is 0. The first kappa shape index (κ1) is 19.5. The second-order valence-electron chi connectivity index (χ2n) is 4.16. The lowest BCUT2D eigenvalue weighted by Crippen LogP contribution is -2.18. The van der Waals surface area contributed by atoms with Crippen LogP contribution in [-0.2, 0) is 9.53 Å². The van der Waals surface area contributed by atoms with Crippen molar-refractivity contribution in [1.29, 1.82) is 0 Å². The Kier molecular flexibility index (Phi) is 15.4. The first-order chi connectivity index (χ1) is 8.74. The van der Waals surface area contributed by atoms with Gasteiger partial charge < -0.3 is 10.5 Å². The van der Waals surface area contributed by atoms with Gasteiger partial charge in [0.1, 0.15) is 0 Å². The molecule has 0 aromatic heterocycles. The van der Waals surface area contributed by atoms with E-state index in [0.29, 0.717) is 18.5 Å². The maximum Gasteiger partial charge on any atom is 0.293 e. The summed E-state index contributed by atoms with van der Waals surface area (Å²) in [5.41, 5.74) is 6.08. The molecular weight excluding hydrogens is 226 g/mol. The molecule has 108 valence electrons. The van der Waals surface area contributed by atoms with Gasteiger partial charge in [-0.15, -0.1) is 0 Å². The van der Waals surface area contributed by atoms with Crippen molar-refractivity contribution in [2.75, 3.05) is 13.2 Å². The van der Waals surface area contributed by atoms with Crippen molar-refractivity contribution in [3.05, 3.63) is 12.2 Å². The molecule has 2 N–H and O–H groups in total. The summed E-state index contributed by atoms with van der Waals surface area (Å²) in [6.07, 6.45) is 11.2. The summed E-state index contributed by atoms with van der Waals surface area (Å²) in [6, 6.07) is 0. The first-order valence-corrected chi connectivity index (χ1v) is 7.14. The van der Waals surface area contributed by atoms with Gasteiger partial charge in [-0.3, -0.25) is 4.79 Å². The molecule has 0 amide bonds. The van der Waals surface area contributed by atoms with E-state index in [1.807, 2.05) is 13.8 Å². The van der Waals surface area contributed by atoms with Crippen LogP contribution in [0.3, 0.4) is 0 Å². The monoisotopic (exact) mass is 257 g/mol. The summed E-state index contributed by atoms with van der Waals surface area (Å²) in [6.45, 7) is 9.61. The molecule has 1 aliphatic rings. The summed E-state index contributed by atoms with van der Waals surface area (Å²) in [5, 5.41) is 0. The summed E-state index contributed by atoms with van der Waals surface area (Å²) in [4.78, 5) is 9.18. The molecule has 0 aromatic rings. The van der Waals surface area contributed by atoms with Crippen molar-refractivity contribution in [3.8, 4) is 0 Å². The van der Waals surface area contributed by atoms with Gasteiger partial charge in [-0.2, -0.15) is 0 Å². The number of nitrogens with two attached hydrogens (primary N) is 1. The van der Waals surface area contributed by atoms with Crippen molar-refractivity contribution in [3.63, 3.8) is 0 Å². The van der Waals surface area contributed by atoms with E-state index in [1.54, 1.807) is 6.92 Å². The largest absolute Gasteiger partial charge is 0.468 e. The summed E-state index contributed by atoms with van der Waals surface area (Å²) in [7, 11) is 0. The van der Waals surface area contributed by atoms with E-state index in [1.165, 1.54) is 32.1 Å². The molecule has 1 aliphatic carbocycles. The van der Waals surface area contributed by atoms with Gasteiger partial charge in [-0.05, 0) is 45.1 Å². The zero-order chi connectivity index (χ0) is 14.3. The fourth-order valence-electron chi connectivity index (χ4n) is 2.29. The standard InChI is InChI=1S/C10H19N.C3H6O2.C2H6/c1-2-5-10(8-9-11)6-3-4-7-10;1-2-5-3-4;1-2/h2,5H,3-4,6-9,11H2,1H3;3H,2H2,1H3;1-2H3/b5-2-;;. The fraction of sp³-hybridized carbons (Fsp3) is 0.800. The molecule has 3 nitrogen and oxygen atoms in total. The van der Waals surface area contributed by atoms with Gasteiger partial charge >= 0.3 is 0 Å². The molecule has 1 rings (SSSR count). The minimum atomic E-state index is 0.431. The lowest BCUT2D eigenvalue weighted by Gasteiger charge is -2.23. The molecule has 0 aliphatic heterocycles. The minimum Gasteiger partial charge on any atom is -0.468 e. The molecule has 0 spiro atoms. The molecule has 0 unspecified atom stereocenters. The van der Waals surface area contributed by atoms with Crippen LogP contribution in [0, 0.1) is 5.41 Å². The van der Waals surface area contributed by atoms with Gasteiger partial charge in [-0.25, -0.2) is 0 Å². The maximum atomic E-state index is 9.18. The SMILES string of the molecule is C/C=C\C1(CCN)CCCC1.CC.CCOC=O. The quantitative estimate of drug-likeness (QED) is 0.604. The molecule has 3 heteroatoms. The van der Waals surface area contributed by atoms with Crippen LogP contribution < -0.4 is 5.73 Å². The van der Waals surface area contributed by atoms with E-state index in [9.17, 15) is 4.79 Å². The van der Waals surface area contributed by atoms with Crippen molar-refractivity contribution in [1.82, 2.24) is 0 Å². The average molecular weight is 257 g/mol. The molecular formula is C15H31NO2. The van der Waals surface area contributed by atoms with Crippen molar-refractivity contribution < 1.29 is 9.53 Å². The zero-order valence-corrected chi connectivity index (χ0v) is 12.6. The number of hydrogen-bond acceptors (Lipinski definition) is 3. The predicted molar refractivity (Wildman–Crippen MR) is 78.4 cm³/mol. The number of carbonyl (C=O) groups excluding carboxylic acids is 1. The summed E-state index contributed by atoms with van der Waals surface area (Å²) in [5.74, 6) is 0. The molecule has 18 heavy (non-hydrogen) atoms. The van der Waals surface area contributed by atoms with Crippen LogP contribution in [0.4, 0.5) is 0 Å². The van der Waals surface area contributed by atoms with Crippen LogP contribution in [0.5, 0.6) is 0 Å². The molecule has 0 saturated heterocycles. The van der Waals surface area contributed by atoms with E-state index in [-0.39, 0.29) is 0 Å².